The van der Waals surface area contributed by atoms with E-state index in [1.165, 1.54) is 0 Å². The highest BCUT2D eigenvalue weighted by molar-refractivity contribution is 6.34. The number of amides is 1. The van der Waals surface area contributed by atoms with Crippen LogP contribution in [0.4, 0.5) is 11.4 Å². The normalized spacial score (nSPS) is 15.0. The second-order valence-corrected chi connectivity index (χ2v) is 5.55. The lowest BCUT2D eigenvalue weighted by molar-refractivity contribution is -0.110. The summed E-state index contributed by atoms with van der Waals surface area (Å²) in [5.41, 5.74) is 5.92. The van der Waals surface area contributed by atoms with Crippen molar-refractivity contribution in [1.82, 2.24) is 0 Å². The summed E-state index contributed by atoms with van der Waals surface area (Å²) in [6, 6.07) is 14.2. The molecule has 3 nitrogen and oxygen atoms in total. The van der Waals surface area contributed by atoms with Gasteiger partial charge in [0.25, 0.3) is 5.91 Å². The van der Waals surface area contributed by atoms with E-state index in [-0.39, 0.29) is 5.91 Å². The van der Waals surface area contributed by atoms with Crippen LogP contribution in [0.3, 0.4) is 0 Å². The molecule has 2 aromatic rings. The van der Waals surface area contributed by atoms with Crippen molar-refractivity contribution in [3.63, 3.8) is 0 Å². The highest BCUT2D eigenvalue weighted by Gasteiger charge is 2.23. The third-order valence-corrected chi connectivity index (χ3v) is 3.68. The van der Waals surface area contributed by atoms with Gasteiger partial charge in [0.05, 0.1) is 0 Å². The fourth-order valence-corrected chi connectivity index (χ4v) is 2.48. The van der Waals surface area contributed by atoms with Gasteiger partial charge in [0.1, 0.15) is 0 Å². The molecule has 1 aliphatic rings. The number of nitrogens with one attached hydrogen (secondary N) is 1. The maximum absolute atomic E-state index is 12.1. The van der Waals surface area contributed by atoms with Crippen LogP contribution < -0.4 is 10.2 Å². The van der Waals surface area contributed by atoms with E-state index in [1.54, 1.807) is 0 Å². The zero-order chi connectivity index (χ0) is 15.0. The molecule has 0 spiro atoms. The highest BCUT2D eigenvalue weighted by atomic mass is 16.2. The Morgan fingerprint density at radius 3 is 2.43 bits per heavy atom. The summed E-state index contributed by atoms with van der Waals surface area (Å²) >= 11 is 0. The summed E-state index contributed by atoms with van der Waals surface area (Å²) in [6.07, 6.45) is 1.94. The molecule has 106 valence electrons. The lowest BCUT2D eigenvalue weighted by Crippen LogP contribution is -2.08. The Bertz CT molecular complexity index is 727. The molecule has 0 aromatic heterocycles. The Kier molecular flexibility index (Phi) is 3.26. The summed E-state index contributed by atoms with van der Waals surface area (Å²) < 4.78 is 0. The molecular formula is C18H18N2O. The second-order valence-electron chi connectivity index (χ2n) is 5.55. The van der Waals surface area contributed by atoms with Crippen molar-refractivity contribution in [2.75, 3.05) is 24.3 Å². The Morgan fingerprint density at radius 2 is 1.76 bits per heavy atom. The molecule has 0 atom stereocenters. The van der Waals surface area contributed by atoms with E-state index in [4.69, 9.17) is 0 Å². The monoisotopic (exact) mass is 278 g/mol. The molecule has 3 rings (SSSR count). The number of aryl methyl sites for hydroxylation is 1. The van der Waals surface area contributed by atoms with E-state index in [9.17, 15) is 4.79 Å². The van der Waals surface area contributed by atoms with Crippen molar-refractivity contribution in [2.24, 2.45) is 0 Å². The maximum Gasteiger partial charge on any atom is 0.256 e. The SMILES string of the molecule is Cc1ccc2c(c1)C(=Cc1ccc(N(C)C)cc1)C(=O)N2. The van der Waals surface area contributed by atoms with Gasteiger partial charge in [0.15, 0.2) is 0 Å². The number of hydrogen-bond acceptors (Lipinski definition) is 2. The highest BCUT2D eigenvalue weighted by Crippen LogP contribution is 2.33. The van der Waals surface area contributed by atoms with Gasteiger partial charge >= 0.3 is 0 Å². The maximum atomic E-state index is 12.1. The Hall–Kier alpha value is -2.55. The molecule has 0 bridgehead atoms. The van der Waals surface area contributed by atoms with Gasteiger partial charge in [-0.25, -0.2) is 0 Å². The van der Waals surface area contributed by atoms with E-state index in [1.807, 2.05) is 57.4 Å². The third kappa shape index (κ3) is 2.55. The zero-order valence-electron chi connectivity index (χ0n) is 12.5. The van der Waals surface area contributed by atoms with Gasteiger partial charge < -0.3 is 10.2 Å². The topological polar surface area (TPSA) is 32.3 Å². The molecule has 0 unspecified atom stereocenters. The average Bonchev–Trinajstić information content (AvgIpc) is 2.76. The van der Waals surface area contributed by atoms with Gasteiger partial charge in [0.2, 0.25) is 0 Å². The predicted molar refractivity (Wildman–Crippen MR) is 88.4 cm³/mol. The first-order valence-corrected chi connectivity index (χ1v) is 6.96. The molecule has 3 heteroatoms. The number of benzene rings is 2. The molecular weight excluding hydrogens is 260 g/mol. The minimum atomic E-state index is -0.0349. The number of hydrogen-bond donors (Lipinski definition) is 1. The molecule has 2 aromatic carbocycles. The first-order valence-electron chi connectivity index (χ1n) is 6.96. The summed E-state index contributed by atoms with van der Waals surface area (Å²) in [6.45, 7) is 2.03. The second kappa shape index (κ2) is 5.09. The Morgan fingerprint density at radius 1 is 1.05 bits per heavy atom. The summed E-state index contributed by atoms with van der Waals surface area (Å²) in [7, 11) is 4.02. The van der Waals surface area contributed by atoms with Crippen LogP contribution >= 0.6 is 0 Å². The molecule has 21 heavy (non-hydrogen) atoms. The van der Waals surface area contributed by atoms with Crippen LogP contribution in [0.2, 0.25) is 0 Å². The van der Waals surface area contributed by atoms with Crippen molar-refractivity contribution in [3.8, 4) is 0 Å². The summed E-state index contributed by atoms with van der Waals surface area (Å²) in [5, 5.41) is 2.91. The minimum absolute atomic E-state index is 0.0349. The van der Waals surface area contributed by atoms with Gasteiger partial charge in [-0.05, 0) is 42.8 Å². The number of fused-ring (bicyclic) bond motifs is 1. The molecule has 0 radical (unpaired) electrons. The number of anilines is 2. The van der Waals surface area contributed by atoms with Crippen LogP contribution in [0, 0.1) is 6.92 Å². The molecule has 0 aliphatic carbocycles. The van der Waals surface area contributed by atoms with Crippen molar-refractivity contribution in [1.29, 1.82) is 0 Å². The lowest BCUT2D eigenvalue weighted by atomic mass is 10.0. The number of nitrogens with zero attached hydrogens (tertiary/aromatic N) is 1. The van der Waals surface area contributed by atoms with E-state index in [2.05, 4.69) is 22.3 Å². The zero-order valence-corrected chi connectivity index (χ0v) is 12.5. The van der Waals surface area contributed by atoms with Gasteiger partial charge in [-0.3, -0.25) is 4.79 Å². The lowest BCUT2D eigenvalue weighted by Gasteiger charge is -2.12. The minimum Gasteiger partial charge on any atom is -0.378 e. The first kappa shape index (κ1) is 13.4. The molecule has 0 saturated heterocycles. The van der Waals surface area contributed by atoms with E-state index < -0.39 is 0 Å². The van der Waals surface area contributed by atoms with Gasteiger partial charge in [-0.2, -0.15) is 0 Å². The van der Waals surface area contributed by atoms with E-state index in [0.717, 1.165) is 33.6 Å². The quantitative estimate of drug-likeness (QED) is 0.852. The Labute approximate surface area is 124 Å². The molecule has 1 heterocycles. The number of carbonyl (C=O) groups excluding carboxylic acids is 1. The molecule has 1 amide bonds. The Balaban J connectivity index is 2.00. The van der Waals surface area contributed by atoms with Crippen molar-refractivity contribution < 1.29 is 4.79 Å². The van der Waals surface area contributed by atoms with Crippen molar-refractivity contribution in [2.45, 2.75) is 6.92 Å². The number of rotatable bonds is 2. The fraction of sp³-hybridized carbons (Fsp3) is 0.167. The predicted octanol–water partition coefficient (Wildman–Crippen LogP) is 3.55. The van der Waals surface area contributed by atoms with Gasteiger partial charge in [-0.1, -0.05) is 23.8 Å². The van der Waals surface area contributed by atoms with E-state index >= 15 is 0 Å². The molecule has 0 fully saturated rings. The molecule has 0 saturated carbocycles. The van der Waals surface area contributed by atoms with Crippen LogP contribution in [-0.4, -0.2) is 20.0 Å². The summed E-state index contributed by atoms with van der Waals surface area (Å²) in [5.74, 6) is -0.0349. The standard InChI is InChI=1S/C18H18N2O/c1-12-4-9-17-15(10-12)16(18(21)19-17)11-13-5-7-14(8-6-13)20(2)3/h4-11H,1-3H3,(H,19,21). The van der Waals surface area contributed by atoms with Crippen LogP contribution in [0.15, 0.2) is 42.5 Å². The largest absolute Gasteiger partial charge is 0.378 e. The van der Waals surface area contributed by atoms with Gasteiger partial charge in [0, 0.05) is 36.6 Å². The fourth-order valence-electron chi connectivity index (χ4n) is 2.48. The smallest absolute Gasteiger partial charge is 0.256 e. The average molecular weight is 278 g/mol. The van der Waals surface area contributed by atoms with E-state index in [0.29, 0.717) is 0 Å². The number of carbonyl (C=O) groups is 1. The molecule has 1 aliphatic heterocycles. The summed E-state index contributed by atoms with van der Waals surface area (Å²) in [4.78, 5) is 14.2. The van der Waals surface area contributed by atoms with Crippen molar-refractivity contribution >= 4 is 28.9 Å². The van der Waals surface area contributed by atoms with Crippen LogP contribution in [0.25, 0.3) is 11.6 Å². The van der Waals surface area contributed by atoms with Crippen LogP contribution in [0.5, 0.6) is 0 Å². The van der Waals surface area contributed by atoms with Gasteiger partial charge in [-0.15, -0.1) is 0 Å². The van der Waals surface area contributed by atoms with Crippen LogP contribution in [-0.2, 0) is 4.79 Å². The van der Waals surface area contributed by atoms with Crippen molar-refractivity contribution in [3.05, 3.63) is 59.2 Å². The first-order chi connectivity index (χ1) is 10.0. The van der Waals surface area contributed by atoms with Crippen LogP contribution in [0.1, 0.15) is 16.7 Å². The molecule has 1 N–H and O–H groups in total. The third-order valence-electron chi connectivity index (χ3n) is 3.68.